The lowest BCUT2D eigenvalue weighted by Gasteiger charge is -2.21. The Morgan fingerprint density at radius 2 is 1.44 bits per heavy atom. The molecule has 0 aromatic heterocycles. The highest BCUT2D eigenvalue weighted by atomic mass is 16.5. The first-order valence-corrected chi connectivity index (χ1v) is 11.2. The molecule has 1 atom stereocenters. The molecule has 0 unspecified atom stereocenters. The van der Waals surface area contributed by atoms with Gasteiger partial charge >= 0.3 is 5.97 Å². The van der Waals surface area contributed by atoms with Crippen LogP contribution in [0.25, 0.3) is 0 Å². The fourth-order valence-corrected chi connectivity index (χ4v) is 4.08. The number of aromatic hydroxyl groups is 1. The number of ether oxygens (including phenoxy) is 5. The van der Waals surface area contributed by atoms with Crippen LogP contribution in [0.15, 0.2) is 48.5 Å². The summed E-state index contributed by atoms with van der Waals surface area (Å²) in [7, 11) is 5.99. The zero-order valence-corrected chi connectivity index (χ0v) is 21.2. The zero-order valence-electron chi connectivity index (χ0n) is 21.2. The van der Waals surface area contributed by atoms with Crippen molar-refractivity contribution in [2.75, 3.05) is 28.4 Å². The summed E-state index contributed by atoms with van der Waals surface area (Å²) in [6.07, 6.45) is -0.459. The molecule has 0 amide bonds. The van der Waals surface area contributed by atoms with Crippen molar-refractivity contribution in [2.45, 2.75) is 26.4 Å². The van der Waals surface area contributed by atoms with Crippen LogP contribution in [0.1, 0.15) is 52.6 Å². The third-order valence-electron chi connectivity index (χ3n) is 5.75. The number of carbonyl (C=O) groups is 2. The lowest BCUT2D eigenvalue weighted by molar-refractivity contribution is -0.145. The largest absolute Gasteiger partial charge is 0.507 e. The maximum atomic E-state index is 14.1. The Hall–Kier alpha value is -4.20. The molecular formula is C28H30O8. The number of esters is 1. The molecule has 190 valence electrons. The molecule has 0 saturated heterocycles. The summed E-state index contributed by atoms with van der Waals surface area (Å²) in [5, 5.41) is 11.0. The average molecular weight is 495 g/mol. The molecule has 0 aliphatic carbocycles. The Kier molecular flexibility index (Phi) is 8.42. The van der Waals surface area contributed by atoms with Gasteiger partial charge < -0.3 is 28.8 Å². The molecule has 0 heterocycles. The number of rotatable bonds is 10. The number of phenols is 1. The predicted octanol–water partition coefficient (Wildman–Crippen LogP) is 4.87. The number of carbonyl (C=O) groups excluding carboxylic acids is 2. The van der Waals surface area contributed by atoms with Gasteiger partial charge in [0.2, 0.25) is 0 Å². The summed E-state index contributed by atoms with van der Waals surface area (Å²) >= 11 is 0. The summed E-state index contributed by atoms with van der Waals surface area (Å²) in [6, 6.07) is 13.7. The lowest BCUT2D eigenvalue weighted by Crippen LogP contribution is -2.15. The van der Waals surface area contributed by atoms with Crippen molar-refractivity contribution in [3.05, 3.63) is 76.3 Å². The van der Waals surface area contributed by atoms with Gasteiger partial charge in [0.15, 0.2) is 5.78 Å². The molecule has 0 spiro atoms. The van der Waals surface area contributed by atoms with E-state index in [1.165, 1.54) is 34.3 Å². The summed E-state index contributed by atoms with van der Waals surface area (Å²) in [5.74, 6) is 0.571. The van der Waals surface area contributed by atoms with Crippen LogP contribution in [0, 0.1) is 0 Å². The molecule has 0 saturated carbocycles. The fourth-order valence-electron chi connectivity index (χ4n) is 4.08. The molecule has 3 aromatic carbocycles. The van der Waals surface area contributed by atoms with Crippen LogP contribution in [0.4, 0.5) is 0 Å². The van der Waals surface area contributed by atoms with Crippen molar-refractivity contribution >= 4 is 11.8 Å². The van der Waals surface area contributed by atoms with E-state index < -0.39 is 17.9 Å². The number of methoxy groups -OCH3 is 4. The molecule has 3 rings (SSSR count). The van der Waals surface area contributed by atoms with Gasteiger partial charge in [-0.25, -0.2) is 0 Å². The van der Waals surface area contributed by atoms with Crippen molar-refractivity contribution < 1.29 is 38.4 Å². The highest BCUT2D eigenvalue weighted by Crippen LogP contribution is 2.39. The second-order valence-corrected chi connectivity index (χ2v) is 8.08. The Bertz CT molecular complexity index is 1250. The van der Waals surface area contributed by atoms with Gasteiger partial charge in [0, 0.05) is 30.2 Å². The second kappa shape index (κ2) is 11.5. The van der Waals surface area contributed by atoms with E-state index in [2.05, 4.69) is 0 Å². The first-order valence-electron chi connectivity index (χ1n) is 11.2. The highest BCUT2D eigenvalue weighted by Gasteiger charge is 2.28. The molecule has 8 heteroatoms. The number of benzene rings is 3. The second-order valence-electron chi connectivity index (χ2n) is 8.08. The quantitative estimate of drug-likeness (QED) is 0.315. The summed E-state index contributed by atoms with van der Waals surface area (Å²) in [5.41, 5.74) is 2.09. The lowest BCUT2D eigenvalue weighted by atomic mass is 9.89. The molecule has 3 aromatic rings. The van der Waals surface area contributed by atoms with Crippen molar-refractivity contribution in [1.29, 1.82) is 0 Å². The van der Waals surface area contributed by atoms with Crippen LogP contribution in [-0.4, -0.2) is 45.3 Å². The van der Waals surface area contributed by atoms with Crippen LogP contribution in [0.2, 0.25) is 0 Å². The summed E-state index contributed by atoms with van der Waals surface area (Å²) < 4.78 is 26.8. The van der Waals surface area contributed by atoms with E-state index in [-0.39, 0.29) is 16.9 Å². The van der Waals surface area contributed by atoms with Crippen LogP contribution < -0.4 is 18.9 Å². The average Bonchev–Trinajstić information content (AvgIpc) is 2.87. The molecule has 0 aliphatic rings. The molecular weight excluding hydrogens is 464 g/mol. The maximum Gasteiger partial charge on any atom is 0.303 e. The molecule has 0 bridgehead atoms. The van der Waals surface area contributed by atoms with Crippen LogP contribution in [0.3, 0.4) is 0 Å². The van der Waals surface area contributed by atoms with Crippen molar-refractivity contribution in [3.8, 4) is 28.7 Å². The Morgan fingerprint density at radius 1 is 0.833 bits per heavy atom. The SMILES string of the molecule is COc1ccc(Cc2cc(OC)cc(O)c2C(=O)c2cc(OC)cc(OC)c2[C@@H](C)OC(C)=O)cc1. The van der Waals surface area contributed by atoms with Gasteiger partial charge in [-0.3, -0.25) is 9.59 Å². The van der Waals surface area contributed by atoms with Gasteiger partial charge in [-0.05, 0) is 48.7 Å². The first kappa shape index (κ1) is 26.4. The van der Waals surface area contributed by atoms with Crippen molar-refractivity contribution in [3.63, 3.8) is 0 Å². The van der Waals surface area contributed by atoms with E-state index in [0.29, 0.717) is 40.5 Å². The number of ketones is 1. The standard InChI is InChI=1S/C28H30O8/c1-16(36-17(2)29)26-23(13-22(34-5)15-25(26)35-6)28(31)27-19(12-21(33-4)14-24(27)30)11-18-7-9-20(32-3)10-8-18/h7-10,12-16,30H,11H2,1-6H3/t16-/m1/s1. The van der Waals surface area contributed by atoms with Crippen LogP contribution in [-0.2, 0) is 16.0 Å². The Morgan fingerprint density at radius 3 is 2.00 bits per heavy atom. The minimum Gasteiger partial charge on any atom is -0.507 e. The fraction of sp³-hybridized carbons (Fsp3) is 0.286. The predicted molar refractivity (Wildman–Crippen MR) is 134 cm³/mol. The molecule has 0 fully saturated rings. The number of hydrogen-bond acceptors (Lipinski definition) is 8. The third-order valence-corrected chi connectivity index (χ3v) is 5.75. The van der Waals surface area contributed by atoms with E-state index >= 15 is 0 Å². The normalized spacial score (nSPS) is 11.4. The monoisotopic (exact) mass is 494 g/mol. The van der Waals surface area contributed by atoms with E-state index in [9.17, 15) is 14.7 Å². The highest BCUT2D eigenvalue weighted by molar-refractivity contribution is 6.13. The topological polar surface area (TPSA) is 101 Å². The van der Waals surface area contributed by atoms with Gasteiger partial charge in [0.25, 0.3) is 0 Å². The van der Waals surface area contributed by atoms with E-state index in [1.807, 2.05) is 24.3 Å². The van der Waals surface area contributed by atoms with Gasteiger partial charge in [-0.1, -0.05) is 12.1 Å². The van der Waals surface area contributed by atoms with Crippen molar-refractivity contribution in [1.82, 2.24) is 0 Å². The third kappa shape index (κ3) is 5.71. The smallest absolute Gasteiger partial charge is 0.303 e. The summed E-state index contributed by atoms with van der Waals surface area (Å²) in [6.45, 7) is 2.94. The minimum absolute atomic E-state index is 0.0956. The maximum absolute atomic E-state index is 14.1. The Balaban J connectivity index is 2.20. The number of hydrogen-bond donors (Lipinski definition) is 1. The molecule has 0 radical (unpaired) electrons. The molecule has 36 heavy (non-hydrogen) atoms. The van der Waals surface area contributed by atoms with E-state index in [0.717, 1.165) is 5.56 Å². The van der Waals surface area contributed by atoms with Gasteiger partial charge in [0.05, 0.1) is 34.0 Å². The zero-order chi connectivity index (χ0) is 26.4. The molecule has 8 nitrogen and oxygen atoms in total. The van der Waals surface area contributed by atoms with Crippen LogP contribution in [0.5, 0.6) is 28.7 Å². The van der Waals surface area contributed by atoms with Gasteiger partial charge in [-0.2, -0.15) is 0 Å². The summed E-state index contributed by atoms with van der Waals surface area (Å²) in [4.78, 5) is 25.7. The van der Waals surface area contributed by atoms with E-state index in [4.69, 9.17) is 23.7 Å². The minimum atomic E-state index is -0.798. The van der Waals surface area contributed by atoms with Crippen molar-refractivity contribution in [2.24, 2.45) is 0 Å². The van der Waals surface area contributed by atoms with Gasteiger partial charge in [0.1, 0.15) is 34.9 Å². The first-order chi connectivity index (χ1) is 17.2. The molecule has 0 aliphatic heterocycles. The van der Waals surface area contributed by atoms with Crippen LogP contribution >= 0.6 is 0 Å². The van der Waals surface area contributed by atoms with E-state index in [1.54, 1.807) is 32.2 Å². The molecule has 1 N–H and O–H groups in total. The number of phenolic OH excluding ortho intramolecular Hbond substituents is 1. The van der Waals surface area contributed by atoms with Gasteiger partial charge in [-0.15, -0.1) is 0 Å². The Labute approximate surface area is 210 Å².